The molecule has 27 heavy (non-hydrogen) atoms. The topological polar surface area (TPSA) is 80.3 Å². The predicted molar refractivity (Wildman–Crippen MR) is 103 cm³/mol. The van der Waals surface area contributed by atoms with E-state index in [1.54, 1.807) is 42.7 Å². The normalized spacial score (nSPS) is 11.4. The number of nitrogens with zero attached hydrogens (tertiary/aromatic N) is 3. The zero-order valence-corrected chi connectivity index (χ0v) is 16.1. The summed E-state index contributed by atoms with van der Waals surface area (Å²) in [7, 11) is 1.88. The Morgan fingerprint density at radius 3 is 2.96 bits per heavy atom. The van der Waals surface area contributed by atoms with Crippen molar-refractivity contribution in [3.8, 4) is 0 Å². The van der Waals surface area contributed by atoms with Crippen LogP contribution in [-0.4, -0.2) is 26.9 Å². The molecule has 0 unspecified atom stereocenters. The first-order valence-corrected chi connectivity index (χ1v) is 9.44. The van der Waals surface area contributed by atoms with Crippen LogP contribution in [0.3, 0.4) is 0 Å². The Morgan fingerprint density at radius 1 is 1.37 bits per heavy atom. The van der Waals surface area contributed by atoms with Crippen molar-refractivity contribution in [2.75, 3.05) is 6.61 Å². The Kier molecular flexibility index (Phi) is 4.27. The first-order valence-electron chi connectivity index (χ1n) is 8.62. The number of carbonyl (C=O) groups excluding carboxylic acids is 1. The van der Waals surface area contributed by atoms with Crippen molar-refractivity contribution in [2.24, 2.45) is 7.05 Å². The summed E-state index contributed by atoms with van der Waals surface area (Å²) in [6.07, 6.45) is 1.73. The Labute approximate surface area is 158 Å². The van der Waals surface area contributed by atoms with Gasteiger partial charge in [0.1, 0.15) is 4.70 Å². The van der Waals surface area contributed by atoms with Crippen LogP contribution in [0.1, 0.15) is 27.9 Å². The van der Waals surface area contributed by atoms with Gasteiger partial charge in [-0.2, -0.15) is 5.10 Å². The molecule has 0 saturated carbocycles. The van der Waals surface area contributed by atoms with E-state index >= 15 is 0 Å². The second kappa shape index (κ2) is 6.62. The van der Waals surface area contributed by atoms with Gasteiger partial charge in [0.05, 0.1) is 37.3 Å². The number of aryl methyl sites for hydroxylation is 2. The van der Waals surface area contributed by atoms with Crippen molar-refractivity contribution in [3.63, 3.8) is 0 Å². The molecule has 0 spiro atoms. The molecule has 0 bridgehead atoms. The van der Waals surface area contributed by atoms with Gasteiger partial charge in [-0.3, -0.25) is 4.79 Å². The number of thiazole rings is 1. The van der Waals surface area contributed by atoms with Gasteiger partial charge >= 0.3 is 11.5 Å². The van der Waals surface area contributed by atoms with Crippen LogP contribution in [0, 0.1) is 6.92 Å². The molecule has 0 amide bonds. The lowest BCUT2D eigenvalue weighted by Crippen LogP contribution is -2.25. The van der Waals surface area contributed by atoms with Crippen molar-refractivity contribution < 1.29 is 14.5 Å². The smallest absolute Gasteiger partial charge is 0.338 e. The summed E-state index contributed by atoms with van der Waals surface area (Å²) in [6.45, 7) is 4.37. The van der Waals surface area contributed by atoms with Crippen LogP contribution in [0.4, 0.5) is 0 Å². The van der Waals surface area contributed by atoms with Gasteiger partial charge in [0, 0.05) is 6.92 Å². The third-order valence-electron chi connectivity index (χ3n) is 4.47. The van der Waals surface area contributed by atoms with Gasteiger partial charge in [0.15, 0.2) is 5.01 Å². The van der Waals surface area contributed by atoms with Crippen molar-refractivity contribution in [3.05, 3.63) is 57.0 Å². The average molecular weight is 383 g/mol. The Morgan fingerprint density at radius 2 is 2.19 bits per heavy atom. The highest BCUT2D eigenvalue weighted by Crippen LogP contribution is 2.27. The molecule has 0 fully saturated rings. The Hall–Kier alpha value is -3.00. The molecule has 1 aromatic carbocycles. The van der Waals surface area contributed by atoms with Crippen LogP contribution in [0.2, 0.25) is 0 Å². The zero-order valence-electron chi connectivity index (χ0n) is 15.3. The minimum Gasteiger partial charge on any atom is -0.462 e. The van der Waals surface area contributed by atoms with Crippen molar-refractivity contribution in [2.45, 2.75) is 20.4 Å². The summed E-state index contributed by atoms with van der Waals surface area (Å²) in [4.78, 5) is 28.2. The molecule has 0 radical (unpaired) electrons. The fourth-order valence-electron chi connectivity index (χ4n) is 3.25. The lowest BCUT2D eigenvalue weighted by Gasteiger charge is -2.07. The van der Waals surface area contributed by atoms with Crippen LogP contribution in [0.25, 0.3) is 21.3 Å². The fourth-order valence-corrected chi connectivity index (χ4v) is 4.24. The molecule has 8 heteroatoms. The number of nitrogens with one attached hydrogen (secondary N) is 1. The van der Waals surface area contributed by atoms with Crippen LogP contribution >= 0.6 is 11.3 Å². The lowest BCUT2D eigenvalue weighted by atomic mass is 10.1. The first-order chi connectivity index (χ1) is 13.0. The monoisotopic (exact) mass is 383 g/mol. The highest BCUT2D eigenvalue weighted by molar-refractivity contribution is 7.19. The molecule has 7 nitrogen and oxygen atoms in total. The molecule has 1 N–H and O–H groups in total. The number of fused-ring (bicyclic) bond motifs is 3. The molecule has 4 rings (SSSR count). The van der Waals surface area contributed by atoms with E-state index in [0.29, 0.717) is 17.7 Å². The van der Waals surface area contributed by atoms with E-state index in [1.807, 2.05) is 24.6 Å². The van der Waals surface area contributed by atoms with Crippen molar-refractivity contribution in [1.82, 2.24) is 14.3 Å². The number of esters is 1. The summed E-state index contributed by atoms with van der Waals surface area (Å²) in [5.41, 5.74) is 2.66. The second-order valence-corrected chi connectivity index (χ2v) is 7.54. The number of hydrogen-bond donors (Lipinski definition) is 0. The van der Waals surface area contributed by atoms with Gasteiger partial charge in [-0.25, -0.2) is 19.0 Å². The Balaban J connectivity index is 1.76. The van der Waals surface area contributed by atoms with Gasteiger partial charge in [0.2, 0.25) is 5.52 Å². The van der Waals surface area contributed by atoms with E-state index in [0.717, 1.165) is 26.3 Å². The molecule has 0 aliphatic carbocycles. The van der Waals surface area contributed by atoms with Gasteiger partial charge in [-0.1, -0.05) is 23.5 Å². The molecule has 0 saturated heterocycles. The minimum atomic E-state index is -0.372. The van der Waals surface area contributed by atoms with E-state index in [4.69, 9.17) is 4.74 Å². The highest BCUT2D eigenvalue weighted by atomic mass is 32.1. The number of carbonyl (C=O) groups is 1. The highest BCUT2D eigenvalue weighted by Gasteiger charge is 2.22. The molecule has 4 aromatic rings. The van der Waals surface area contributed by atoms with Crippen molar-refractivity contribution >= 4 is 38.6 Å². The standard InChI is InChI=1S/C19H18N4O3S/c1-4-26-19(25)13-7-5-6-12(8-13)10-23-18(24)15-14(9-20-23)16-17(22(15)3)21-11(2)27-16/h5-9H,4,10H2,1-3H3/p+1. The molecular weight excluding hydrogens is 364 g/mol. The number of aromatic nitrogens is 4. The summed E-state index contributed by atoms with van der Waals surface area (Å²) < 4.78 is 9.37. The van der Waals surface area contributed by atoms with E-state index in [-0.39, 0.29) is 18.1 Å². The number of benzene rings is 1. The maximum Gasteiger partial charge on any atom is 0.338 e. The third-order valence-corrected chi connectivity index (χ3v) is 5.49. The number of hydrogen-bond acceptors (Lipinski definition) is 5. The first kappa shape index (κ1) is 17.4. The number of H-pyrrole nitrogens is 1. The molecule has 0 aliphatic rings. The molecule has 0 aliphatic heterocycles. The van der Waals surface area contributed by atoms with Crippen LogP contribution in [-0.2, 0) is 18.3 Å². The van der Waals surface area contributed by atoms with Gasteiger partial charge in [-0.15, -0.1) is 0 Å². The SMILES string of the molecule is CCOC(=O)c1cccc(Cn2ncc3c4sc(C)[nH+]c4n(C)c3c2=O)c1. The van der Waals surface area contributed by atoms with E-state index in [2.05, 4.69) is 10.1 Å². The average Bonchev–Trinajstić information content (AvgIpc) is 3.15. The van der Waals surface area contributed by atoms with E-state index in [1.165, 1.54) is 4.68 Å². The molecular formula is C19H19N4O3S+. The quantitative estimate of drug-likeness (QED) is 0.507. The third kappa shape index (κ3) is 2.91. The van der Waals surface area contributed by atoms with Crippen molar-refractivity contribution in [1.29, 1.82) is 0 Å². The maximum atomic E-state index is 13.0. The second-order valence-electron chi connectivity index (χ2n) is 6.31. The number of aromatic amines is 1. The molecule has 3 aromatic heterocycles. The van der Waals surface area contributed by atoms with Crippen LogP contribution in [0.15, 0.2) is 35.3 Å². The Bertz CT molecular complexity index is 1240. The van der Waals surface area contributed by atoms with Gasteiger partial charge in [-0.05, 0) is 24.6 Å². The number of ether oxygens (including phenoxy) is 1. The predicted octanol–water partition coefficient (Wildman–Crippen LogP) is 2.30. The van der Waals surface area contributed by atoms with Gasteiger partial charge in [0.25, 0.3) is 5.65 Å². The lowest BCUT2D eigenvalue weighted by molar-refractivity contribution is -0.351. The summed E-state index contributed by atoms with van der Waals surface area (Å²) in [5.74, 6) is -0.372. The number of rotatable bonds is 4. The van der Waals surface area contributed by atoms with Crippen LogP contribution in [0.5, 0.6) is 0 Å². The molecule has 3 heterocycles. The van der Waals surface area contributed by atoms with E-state index in [9.17, 15) is 9.59 Å². The molecule has 138 valence electrons. The summed E-state index contributed by atoms with van der Waals surface area (Å²) in [5, 5.41) is 6.28. The summed E-state index contributed by atoms with van der Waals surface area (Å²) >= 11 is 1.61. The summed E-state index contributed by atoms with van der Waals surface area (Å²) in [6, 6.07) is 7.07. The van der Waals surface area contributed by atoms with E-state index < -0.39 is 0 Å². The molecule has 0 atom stereocenters. The largest absolute Gasteiger partial charge is 0.462 e. The minimum absolute atomic E-state index is 0.161. The van der Waals surface area contributed by atoms with Gasteiger partial charge < -0.3 is 4.74 Å². The fraction of sp³-hybridized carbons (Fsp3) is 0.263. The van der Waals surface area contributed by atoms with Crippen LogP contribution < -0.4 is 10.5 Å². The zero-order chi connectivity index (χ0) is 19.1. The maximum absolute atomic E-state index is 13.0.